The molecular weight excluding hydrogens is 330 g/mol. The number of carbonyl (C=O) groups is 1. The van der Waals surface area contributed by atoms with E-state index in [0.29, 0.717) is 13.0 Å². The molecule has 1 aliphatic rings. The first-order chi connectivity index (χ1) is 11.4. The minimum absolute atomic E-state index is 0.240. The molecule has 134 valence electrons. The molecule has 0 atom stereocenters. The molecule has 2 N–H and O–H groups in total. The van der Waals surface area contributed by atoms with Crippen molar-refractivity contribution in [2.45, 2.75) is 25.3 Å². The van der Waals surface area contributed by atoms with Gasteiger partial charge in [-0.05, 0) is 30.9 Å². The van der Waals surface area contributed by atoms with Crippen molar-refractivity contribution >= 4 is 16.1 Å². The normalized spacial score (nSPS) is 14.5. The third-order valence-electron chi connectivity index (χ3n) is 3.85. The first-order valence-electron chi connectivity index (χ1n) is 8.01. The molecule has 1 aromatic carbocycles. The van der Waals surface area contributed by atoms with Crippen LogP contribution in [0.2, 0.25) is 0 Å². The first kappa shape index (κ1) is 18.5. The van der Waals surface area contributed by atoms with Crippen molar-refractivity contribution in [2.24, 2.45) is 0 Å². The van der Waals surface area contributed by atoms with E-state index in [4.69, 9.17) is 4.74 Å². The highest BCUT2D eigenvalue weighted by molar-refractivity contribution is 7.88. The van der Waals surface area contributed by atoms with Crippen molar-refractivity contribution in [1.29, 1.82) is 0 Å². The number of nitrogens with one attached hydrogen (secondary N) is 2. The number of methoxy groups -OCH3 is 1. The zero-order chi connectivity index (χ0) is 17.6. The standard InChI is InChI=1S/C16H25N3O4S/c1-23-15-6-4-3-5-13(15)9-11-19(24(2,21)22)12-10-17-16(20)18-14-7-8-14/h3-6,14H,7-12H2,1-2H3,(H2,17,18,20). The van der Waals surface area contributed by atoms with Crippen molar-refractivity contribution in [3.8, 4) is 5.75 Å². The summed E-state index contributed by atoms with van der Waals surface area (Å²) in [6, 6.07) is 7.58. The van der Waals surface area contributed by atoms with E-state index in [1.807, 2.05) is 24.3 Å². The lowest BCUT2D eigenvalue weighted by Crippen LogP contribution is -2.43. The highest BCUT2D eigenvalue weighted by Gasteiger charge is 2.23. The van der Waals surface area contributed by atoms with Crippen LogP contribution in [0, 0.1) is 0 Å². The molecule has 0 bridgehead atoms. The van der Waals surface area contributed by atoms with E-state index < -0.39 is 10.0 Å². The molecule has 1 aromatic rings. The molecular formula is C16H25N3O4S. The number of urea groups is 1. The number of amides is 2. The molecule has 0 heterocycles. The summed E-state index contributed by atoms with van der Waals surface area (Å²) in [4.78, 5) is 11.6. The van der Waals surface area contributed by atoms with Gasteiger partial charge in [0, 0.05) is 25.7 Å². The largest absolute Gasteiger partial charge is 0.496 e. The lowest BCUT2D eigenvalue weighted by Gasteiger charge is -2.20. The van der Waals surface area contributed by atoms with E-state index in [9.17, 15) is 13.2 Å². The fraction of sp³-hybridized carbons (Fsp3) is 0.562. The summed E-state index contributed by atoms with van der Waals surface area (Å²) in [5.74, 6) is 0.743. The quantitative estimate of drug-likeness (QED) is 0.691. The molecule has 0 radical (unpaired) electrons. The Morgan fingerprint density at radius 2 is 2.00 bits per heavy atom. The van der Waals surface area contributed by atoms with E-state index in [-0.39, 0.29) is 25.2 Å². The molecule has 8 heteroatoms. The Morgan fingerprint density at radius 3 is 2.62 bits per heavy atom. The summed E-state index contributed by atoms with van der Waals surface area (Å²) in [6.07, 6.45) is 3.76. The van der Waals surface area contributed by atoms with Gasteiger partial charge >= 0.3 is 6.03 Å². The summed E-state index contributed by atoms with van der Waals surface area (Å²) in [5.41, 5.74) is 0.952. The number of benzene rings is 1. The molecule has 24 heavy (non-hydrogen) atoms. The molecule has 0 spiro atoms. The van der Waals surface area contributed by atoms with Crippen LogP contribution in [0.4, 0.5) is 4.79 Å². The zero-order valence-electron chi connectivity index (χ0n) is 14.1. The third-order valence-corrected chi connectivity index (χ3v) is 5.15. The fourth-order valence-electron chi connectivity index (χ4n) is 2.36. The summed E-state index contributed by atoms with van der Waals surface area (Å²) in [7, 11) is -1.75. The number of nitrogens with zero attached hydrogens (tertiary/aromatic N) is 1. The number of ether oxygens (including phenoxy) is 1. The van der Waals surface area contributed by atoms with E-state index in [1.54, 1.807) is 7.11 Å². The Balaban J connectivity index is 1.85. The van der Waals surface area contributed by atoms with Crippen molar-refractivity contribution in [3.63, 3.8) is 0 Å². The second-order valence-corrected chi connectivity index (χ2v) is 7.88. The van der Waals surface area contributed by atoms with E-state index in [1.165, 1.54) is 10.6 Å². The number of sulfonamides is 1. The fourth-order valence-corrected chi connectivity index (χ4v) is 3.20. The number of hydrogen-bond donors (Lipinski definition) is 2. The Hall–Kier alpha value is -1.80. The Morgan fingerprint density at radius 1 is 1.29 bits per heavy atom. The van der Waals surface area contributed by atoms with Crippen LogP contribution in [0.15, 0.2) is 24.3 Å². The van der Waals surface area contributed by atoms with Crippen LogP contribution in [0.3, 0.4) is 0 Å². The van der Waals surface area contributed by atoms with Crippen molar-refractivity contribution in [2.75, 3.05) is 33.0 Å². The number of para-hydroxylation sites is 1. The Labute approximate surface area is 143 Å². The topological polar surface area (TPSA) is 87.7 Å². The summed E-state index contributed by atoms with van der Waals surface area (Å²) >= 11 is 0. The molecule has 0 aliphatic heterocycles. The molecule has 7 nitrogen and oxygen atoms in total. The van der Waals surface area contributed by atoms with Crippen LogP contribution in [-0.4, -0.2) is 57.8 Å². The van der Waals surface area contributed by atoms with Gasteiger partial charge in [-0.1, -0.05) is 18.2 Å². The highest BCUT2D eigenvalue weighted by Crippen LogP contribution is 2.19. The predicted molar refractivity (Wildman–Crippen MR) is 92.7 cm³/mol. The third kappa shape index (κ3) is 6.01. The lowest BCUT2D eigenvalue weighted by molar-refractivity contribution is 0.239. The van der Waals surface area contributed by atoms with Gasteiger partial charge in [0.15, 0.2) is 0 Å². The van der Waals surface area contributed by atoms with Gasteiger partial charge in [0.25, 0.3) is 0 Å². The highest BCUT2D eigenvalue weighted by atomic mass is 32.2. The second kappa shape index (κ2) is 8.34. The second-order valence-electron chi connectivity index (χ2n) is 5.90. The molecule has 1 aliphatic carbocycles. The van der Waals surface area contributed by atoms with Gasteiger partial charge in [0.2, 0.25) is 10.0 Å². The van der Waals surface area contributed by atoms with Gasteiger partial charge in [-0.2, -0.15) is 0 Å². The zero-order valence-corrected chi connectivity index (χ0v) is 14.9. The molecule has 2 amide bonds. The lowest BCUT2D eigenvalue weighted by atomic mass is 10.1. The molecule has 0 aromatic heterocycles. The van der Waals surface area contributed by atoms with Gasteiger partial charge in [-0.15, -0.1) is 0 Å². The van der Waals surface area contributed by atoms with E-state index in [0.717, 1.165) is 24.2 Å². The van der Waals surface area contributed by atoms with Crippen molar-refractivity contribution in [1.82, 2.24) is 14.9 Å². The van der Waals surface area contributed by atoms with Gasteiger partial charge in [0.05, 0.1) is 13.4 Å². The minimum Gasteiger partial charge on any atom is -0.496 e. The van der Waals surface area contributed by atoms with Crippen molar-refractivity contribution in [3.05, 3.63) is 29.8 Å². The van der Waals surface area contributed by atoms with Crippen LogP contribution in [0.25, 0.3) is 0 Å². The first-order valence-corrected chi connectivity index (χ1v) is 9.86. The average molecular weight is 355 g/mol. The van der Waals surface area contributed by atoms with E-state index in [2.05, 4.69) is 10.6 Å². The monoisotopic (exact) mass is 355 g/mol. The maximum Gasteiger partial charge on any atom is 0.315 e. The number of carbonyl (C=O) groups excluding carboxylic acids is 1. The molecule has 0 saturated heterocycles. The minimum atomic E-state index is -3.34. The SMILES string of the molecule is COc1ccccc1CCN(CCNC(=O)NC1CC1)S(C)(=O)=O. The molecule has 1 fully saturated rings. The maximum atomic E-state index is 11.9. The van der Waals surface area contributed by atoms with Gasteiger partial charge in [0.1, 0.15) is 5.75 Å². The summed E-state index contributed by atoms with van der Waals surface area (Å²) in [6.45, 7) is 0.856. The molecule has 2 rings (SSSR count). The van der Waals surface area contributed by atoms with Crippen LogP contribution in [0.1, 0.15) is 18.4 Å². The molecule has 1 saturated carbocycles. The average Bonchev–Trinajstić information content (AvgIpc) is 3.33. The maximum absolute atomic E-state index is 11.9. The van der Waals surface area contributed by atoms with Gasteiger partial charge in [-0.3, -0.25) is 0 Å². The number of hydrogen-bond acceptors (Lipinski definition) is 4. The Kier molecular flexibility index (Phi) is 6.44. The van der Waals surface area contributed by atoms with Crippen LogP contribution < -0.4 is 15.4 Å². The van der Waals surface area contributed by atoms with Crippen molar-refractivity contribution < 1.29 is 17.9 Å². The predicted octanol–water partition coefficient (Wildman–Crippen LogP) is 0.961. The van der Waals surface area contributed by atoms with Gasteiger partial charge in [-0.25, -0.2) is 17.5 Å². The number of rotatable bonds is 9. The summed E-state index contributed by atoms with van der Waals surface area (Å²) < 4.78 is 30.5. The summed E-state index contributed by atoms with van der Waals surface area (Å²) in [5, 5.41) is 5.50. The smallest absolute Gasteiger partial charge is 0.315 e. The van der Waals surface area contributed by atoms with Crippen LogP contribution in [0.5, 0.6) is 5.75 Å². The van der Waals surface area contributed by atoms with Gasteiger partial charge < -0.3 is 15.4 Å². The van der Waals surface area contributed by atoms with E-state index >= 15 is 0 Å². The van der Waals surface area contributed by atoms with Crippen LogP contribution in [-0.2, 0) is 16.4 Å². The van der Waals surface area contributed by atoms with Crippen LogP contribution >= 0.6 is 0 Å². The Bertz CT molecular complexity index is 659. The molecule has 0 unspecified atom stereocenters.